The van der Waals surface area contributed by atoms with E-state index in [-0.39, 0.29) is 5.82 Å². The molecule has 252 valence electrons. The summed E-state index contributed by atoms with van der Waals surface area (Å²) in [5, 5.41) is 4.35. The summed E-state index contributed by atoms with van der Waals surface area (Å²) in [6.45, 7) is 4.25. The van der Waals surface area contributed by atoms with Crippen molar-refractivity contribution in [1.82, 2.24) is 24.1 Å². The second kappa shape index (κ2) is 12.1. The average molecular weight is 686 g/mol. The lowest BCUT2D eigenvalue weighted by molar-refractivity contribution is 0.621. The van der Waals surface area contributed by atoms with E-state index in [2.05, 4.69) is 83.6 Å². The maximum Gasteiger partial charge on any atom is 0.164 e. The van der Waals surface area contributed by atoms with E-state index in [0.29, 0.717) is 23.2 Å². The quantitative estimate of drug-likeness (QED) is 0.181. The van der Waals surface area contributed by atoms with E-state index in [9.17, 15) is 0 Å². The van der Waals surface area contributed by atoms with Gasteiger partial charge in [-0.1, -0.05) is 115 Å². The topological polar surface area (TPSA) is 48.5 Å². The lowest BCUT2D eigenvalue weighted by atomic mass is 10.0. The van der Waals surface area contributed by atoms with Gasteiger partial charge in [0.15, 0.2) is 17.5 Å². The van der Waals surface area contributed by atoms with Gasteiger partial charge in [-0.15, -0.1) is 0 Å². The zero-order chi connectivity index (χ0) is 35.6. The lowest BCUT2D eigenvalue weighted by Gasteiger charge is -2.16. The fraction of sp³-hybridized carbons (Fsp3) is 0.0426. The third-order valence-electron chi connectivity index (χ3n) is 10.3. The number of halogens is 1. The van der Waals surface area contributed by atoms with Gasteiger partial charge in [0, 0.05) is 43.9 Å². The molecule has 0 saturated heterocycles. The fourth-order valence-electron chi connectivity index (χ4n) is 8.01. The molecule has 3 heterocycles. The molecule has 0 fully saturated rings. The molecule has 0 bridgehead atoms. The monoisotopic (exact) mass is 685 g/mol. The Morgan fingerprint density at radius 2 is 0.981 bits per heavy atom. The largest absolute Gasteiger partial charge is 0.309 e. The third kappa shape index (κ3) is 4.87. The van der Waals surface area contributed by atoms with Crippen LogP contribution in [0.5, 0.6) is 0 Å². The summed E-state index contributed by atoms with van der Waals surface area (Å²) >= 11 is 0. The van der Waals surface area contributed by atoms with E-state index < -0.39 is 0 Å². The summed E-state index contributed by atoms with van der Waals surface area (Å²) in [7, 11) is 0. The minimum atomic E-state index is -0.262. The number of fused-ring (bicyclic) bond motifs is 7. The highest BCUT2D eigenvalue weighted by atomic mass is 19.1. The van der Waals surface area contributed by atoms with Crippen LogP contribution in [-0.2, 0) is 0 Å². The summed E-state index contributed by atoms with van der Waals surface area (Å²) < 4.78 is 20.1. The zero-order valence-electron chi connectivity index (χ0n) is 29.1. The molecule has 6 heteroatoms. The molecule has 0 atom stereocenters. The highest BCUT2D eigenvalue weighted by Gasteiger charge is 2.23. The maximum atomic E-state index is 15.7. The van der Waals surface area contributed by atoms with Crippen LogP contribution < -0.4 is 0 Å². The number of rotatable bonds is 5. The van der Waals surface area contributed by atoms with E-state index in [1.165, 1.54) is 6.07 Å². The Balaban J connectivity index is 1.22. The Morgan fingerprint density at radius 1 is 0.453 bits per heavy atom. The molecular weight excluding hydrogens is 654 g/mol. The second-order valence-electron chi connectivity index (χ2n) is 13.5. The highest BCUT2D eigenvalue weighted by molar-refractivity contribution is 6.26. The van der Waals surface area contributed by atoms with Crippen LogP contribution in [0, 0.1) is 19.7 Å². The van der Waals surface area contributed by atoms with Gasteiger partial charge in [-0.2, -0.15) is 0 Å². The standard InChI is InChI=1S/C47H32FN5/c1-29-27-33(28-30(2)42(29)47-50-45(31-15-5-3-6-16-31)49-46(51-47)32-17-7-4-8-18-32)52-39-23-13-10-20-36(39)43-41(52)26-25-35-34-19-9-12-22-38(34)53(44(35)43)40-24-14-11-21-37(40)48/h3-28H,1-2H3. The number of hydrogen-bond donors (Lipinski definition) is 0. The highest BCUT2D eigenvalue weighted by Crippen LogP contribution is 2.43. The molecule has 0 N–H and O–H groups in total. The van der Waals surface area contributed by atoms with E-state index >= 15 is 4.39 Å². The van der Waals surface area contributed by atoms with E-state index in [4.69, 9.17) is 15.0 Å². The molecule has 0 unspecified atom stereocenters. The van der Waals surface area contributed by atoms with Crippen LogP contribution in [0.1, 0.15) is 11.1 Å². The van der Waals surface area contributed by atoms with Crippen LogP contribution in [0.4, 0.5) is 4.39 Å². The smallest absolute Gasteiger partial charge is 0.164 e. The van der Waals surface area contributed by atoms with Gasteiger partial charge in [0.25, 0.3) is 0 Å². The molecule has 0 spiro atoms. The van der Waals surface area contributed by atoms with Crippen molar-refractivity contribution in [1.29, 1.82) is 0 Å². The van der Waals surface area contributed by atoms with Crippen LogP contribution >= 0.6 is 0 Å². The van der Waals surface area contributed by atoms with Gasteiger partial charge in [-0.05, 0) is 67.4 Å². The molecule has 5 nitrogen and oxygen atoms in total. The molecule has 0 aliphatic heterocycles. The molecule has 0 saturated carbocycles. The Bertz CT molecular complexity index is 2950. The normalized spacial score (nSPS) is 11.7. The predicted octanol–water partition coefficient (Wildman–Crippen LogP) is 11.8. The van der Waals surface area contributed by atoms with Gasteiger partial charge >= 0.3 is 0 Å². The van der Waals surface area contributed by atoms with Gasteiger partial charge < -0.3 is 9.13 Å². The number of aryl methyl sites for hydroxylation is 2. The number of benzene rings is 7. The molecule has 3 aromatic heterocycles. The van der Waals surface area contributed by atoms with Crippen molar-refractivity contribution < 1.29 is 4.39 Å². The van der Waals surface area contributed by atoms with Crippen molar-refractivity contribution in [3.05, 3.63) is 175 Å². The summed E-state index contributed by atoms with van der Waals surface area (Å²) in [6, 6.07) is 52.7. The van der Waals surface area contributed by atoms with Crippen LogP contribution in [0.2, 0.25) is 0 Å². The van der Waals surface area contributed by atoms with Gasteiger partial charge in [0.1, 0.15) is 5.82 Å². The predicted molar refractivity (Wildman–Crippen MR) is 214 cm³/mol. The lowest BCUT2D eigenvalue weighted by Crippen LogP contribution is -2.03. The van der Waals surface area contributed by atoms with Gasteiger partial charge in [0.05, 0.1) is 27.8 Å². The fourth-order valence-corrected chi connectivity index (χ4v) is 8.01. The van der Waals surface area contributed by atoms with Gasteiger partial charge in [-0.25, -0.2) is 19.3 Å². The molecule has 53 heavy (non-hydrogen) atoms. The number of hydrogen-bond acceptors (Lipinski definition) is 3. The van der Waals surface area contributed by atoms with Crippen LogP contribution in [0.3, 0.4) is 0 Å². The minimum Gasteiger partial charge on any atom is -0.309 e. The van der Waals surface area contributed by atoms with Crippen molar-refractivity contribution in [2.75, 3.05) is 0 Å². The maximum absolute atomic E-state index is 15.7. The molecule has 7 aromatic carbocycles. The summed E-state index contributed by atoms with van der Waals surface area (Å²) in [5.41, 5.74) is 10.6. The number of aromatic nitrogens is 5. The van der Waals surface area contributed by atoms with Crippen LogP contribution in [0.25, 0.3) is 89.2 Å². The summed E-state index contributed by atoms with van der Waals surface area (Å²) in [6.07, 6.45) is 0. The van der Waals surface area contributed by atoms with Crippen LogP contribution in [-0.4, -0.2) is 24.1 Å². The van der Waals surface area contributed by atoms with Crippen LogP contribution in [0.15, 0.2) is 158 Å². The first kappa shape index (κ1) is 30.9. The first-order valence-electron chi connectivity index (χ1n) is 17.7. The zero-order valence-corrected chi connectivity index (χ0v) is 29.1. The average Bonchev–Trinajstić information content (AvgIpc) is 3.71. The Kier molecular flexibility index (Phi) is 7.05. The molecule has 10 aromatic rings. The molecule has 0 aliphatic carbocycles. The van der Waals surface area contributed by atoms with E-state index in [1.807, 2.05) is 84.9 Å². The van der Waals surface area contributed by atoms with Crippen molar-refractivity contribution in [2.45, 2.75) is 13.8 Å². The molecule has 0 aliphatic rings. The van der Waals surface area contributed by atoms with Crippen molar-refractivity contribution >= 4 is 43.6 Å². The second-order valence-corrected chi connectivity index (χ2v) is 13.5. The first-order chi connectivity index (χ1) is 26.0. The van der Waals surface area contributed by atoms with Crippen molar-refractivity contribution in [2.24, 2.45) is 0 Å². The number of para-hydroxylation sites is 3. The van der Waals surface area contributed by atoms with E-state index in [1.54, 1.807) is 6.07 Å². The van der Waals surface area contributed by atoms with Gasteiger partial charge in [-0.3, -0.25) is 0 Å². The van der Waals surface area contributed by atoms with Gasteiger partial charge in [0.2, 0.25) is 0 Å². The Hall–Kier alpha value is -6.92. The molecule has 0 radical (unpaired) electrons. The number of nitrogens with zero attached hydrogens (tertiary/aromatic N) is 5. The third-order valence-corrected chi connectivity index (χ3v) is 10.3. The van der Waals surface area contributed by atoms with E-state index in [0.717, 1.165) is 77.1 Å². The Labute approximate surface area is 305 Å². The molecule has 0 amide bonds. The molecule has 10 rings (SSSR count). The summed E-state index contributed by atoms with van der Waals surface area (Å²) in [4.78, 5) is 15.0. The first-order valence-corrected chi connectivity index (χ1v) is 17.7. The van der Waals surface area contributed by atoms with Crippen molar-refractivity contribution in [3.8, 4) is 45.5 Å². The summed E-state index contributed by atoms with van der Waals surface area (Å²) in [5.74, 6) is 1.64. The minimum absolute atomic E-state index is 0.262. The molecular formula is C47H32FN5. The van der Waals surface area contributed by atoms with Crippen molar-refractivity contribution in [3.63, 3.8) is 0 Å². The Morgan fingerprint density at radius 3 is 1.62 bits per heavy atom. The SMILES string of the molecule is Cc1cc(-n2c3ccccc3c3c2ccc2c4ccccc4n(-c4ccccc4F)c23)cc(C)c1-c1nc(-c2ccccc2)nc(-c2ccccc2)n1.